The fraction of sp³-hybridized carbons (Fsp3) is 0.500. The molecule has 0 amide bonds. The Morgan fingerprint density at radius 2 is 2.31 bits per heavy atom. The van der Waals surface area contributed by atoms with Crippen molar-refractivity contribution in [2.75, 3.05) is 11.9 Å². The second-order valence-corrected chi connectivity index (χ2v) is 3.85. The summed E-state index contributed by atoms with van der Waals surface area (Å²) in [6, 6.07) is 1.64. The average molecular weight is 244 g/mol. The minimum absolute atomic E-state index is 0.0657. The van der Waals surface area contributed by atoms with Gasteiger partial charge in [-0.05, 0) is 19.4 Å². The highest BCUT2D eigenvalue weighted by Gasteiger charge is 2.20. The molecule has 0 saturated heterocycles. The molecule has 5 nitrogen and oxygen atoms in total. The largest absolute Gasteiger partial charge is 0.379 e. The summed E-state index contributed by atoms with van der Waals surface area (Å²) in [7, 11) is 0. The molecule has 0 aliphatic rings. The predicted molar refractivity (Wildman–Crippen MR) is 64.0 cm³/mol. The van der Waals surface area contributed by atoms with Gasteiger partial charge in [0.1, 0.15) is 5.69 Å². The monoisotopic (exact) mass is 243 g/mol. The lowest BCUT2D eigenvalue weighted by Crippen LogP contribution is -2.05. The molecular formula is C10H14ClN3O2. The van der Waals surface area contributed by atoms with Gasteiger partial charge in [-0.15, -0.1) is 0 Å². The Morgan fingerprint density at radius 1 is 1.62 bits per heavy atom. The van der Waals surface area contributed by atoms with Gasteiger partial charge < -0.3 is 5.32 Å². The molecule has 0 spiro atoms. The second-order valence-electron chi connectivity index (χ2n) is 3.49. The van der Waals surface area contributed by atoms with E-state index in [-0.39, 0.29) is 10.8 Å². The van der Waals surface area contributed by atoms with Crippen LogP contribution in [0.1, 0.15) is 25.5 Å². The Labute approximate surface area is 99.0 Å². The van der Waals surface area contributed by atoms with Gasteiger partial charge in [0.2, 0.25) is 5.15 Å². The first-order valence-electron chi connectivity index (χ1n) is 5.11. The smallest absolute Gasteiger partial charge is 0.329 e. The van der Waals surface area contributed by atoms with E-state index in [0.29, 0.717) is 17.9 Å². The van der Waals surface area contributed by atoms with Crippen LogP contribution in [0.4, 0.5) is 11.4 Å². The van der Waals surface area contributed by atoms with Crippen LogP contribution in [0.25, 0.3) is 0 Å². The van der Waals surface area contributed by atoms with Gasteiger partial charge >= 0.3 is 5.69 Å². The Bertz CT molecular complexity index is 396. The number of pyridine rings is 1. The zero-order valence-corrected chi connectivity index (χ0v) is 10.0. The molecule has 1 N–H and O–H groups in total. The van der Waals surface area contributed by atoms with Crippen molar-refractivity contribution in [1.29, 1.82) is 0 Å². The molecule has 0 aliphatic heterocycles. The standard InChI is InChI=1S/C10H14ClN3O2/c1-3-4-5-12-8-6-7(2)13-10(11)9(8)14(15)16/h6H,3-5H2,1-2H3,(H,12,13). The number of hydrogen-bond acceptors (Lipinski definition) is 4. The van der Waals surface area contributed by atoms with E-state index in [0.717, 1.165) is 12.8 Å². The van der Waals surface area contributed by atoms with E-state index in [4.69, 9.17) is 11.6 Å². The van der Waals surface area contributed by atoms with Crippen molar-refractivity contribution in [3.8, 4) is 0 Å². The first kappa shape index (κ1) is 12.7. The number of unbranched alkanes of at least 4 members (excludes halogenated alkanes) is 1. The Morgan fingerprint density at radius 3 is 2.88 bits per heavy atom. The molecule has 0 aliphatic carbocycles. The summed E-state index contributed by atoms with van der Waals surface area (Å²) in [5.41, 5.74) is 0.953. The lowest BCUT2D eigenvalue weighted by atomic mass is 10.2. The normalized spacial score (nSPS) is 10.2. The summed E-state index contributed by atoms with van der Waals surface area (Å²) in [6.07, 6.45) is 1.98. The highest BCUT2D eigenvalue weighted by Crippen LogP contribution is 2.31. The molecule has 1 aromatic rings. The van der Waals surface area contributed by atoms with Crippen molar-refractivity contribution in [3.05, 3.63) is 27.0 Å². The molecule has 0 saturated carbocycles. The molecule has 6 heteroatoms. The fourth-order valence-electron chi connectivity index (χ4n) is 1.34. The molecular weight excluding hydrogens is 230 g/mol. The minimum Gasteiger partial charge on any atom is -0.379 e. The van der Waals surface area contributed by atoms with Crippen LogP contribution < -0.4 is 5.32 Å². The van der Waals surface area contributed by atoms with Crippen LogP contribution in [-0.4, -0.2) is 16.5 Å². The summed E-state index contributed by atoms with van der Waals surface area (Å²) in [6.45, 7) is 4.50. The molecule has 0 bridgehead atoms. The number of halogens is 1. The number of hydrogen-bond donors (Lipinski definition) is 1. The van der Waals surface area contributed by atoms with Crippen LogP contribution in [0.5, 0.6) is 0 Å². The SMILES string of the molecule is CCCCNc1cc(C)nc(Cl)c1[N+](=O)[O-]. The Kier molecular flexibility index (Phi) is 4.49. The van der Waals surface area contributed by atoms with Crippen LogP contribution in [0.3, 0.4) is 0 Å². The zero-order chi connectivity index (χ0) is 12.1. The number of aryl methyl sites for hydroxylation is 1. The van der Waals surface area contributed by atoms with Gasteiger partial charge in [-0.2, -0.15) is 0 Å². The molecule has 1 rings (SSSR count). The van der Waals surface area contributed by atoms with E-state index in [1.165, 1.54) is 0 Å². The Hall–Kier alpha value is -1.36. The highest BCUT2D eigenvalue weighted by atomic mass is 35.5. The molecule has 1 heterocycles. The molecule has 0 atom stereocenters. The molecule has 1 aromatic heterocycles. The lowest BCUT2D eigenvalue weighted by Gasteiger charge is -2.07. The Balaban J connectivity index is 2.99. The van der Waals surface area contributed by atoms with Crippen LogP contribution in [-0.2, 0) is 0 Å². The predicted octanol–water partition coefficient (Wildman–Crippen LogP) is 3.16. The van der Waals surface area contributed by atoms with Crippen molar-refractivity contribution in [2.24, 2.45) is 0 Å². The minimum atomic E-state index is -0.511. The third-order valence-corrected chi connectivity index (χ3v) is 2.37. The average Bonchev–Trinajstić information content (AvgIpc) is 2.16. The second kappa shape index (κ2) is 5.65. The van der Waals surface area contributed by atoms with Crippen molar-refractivity contribution in [2.45, 2.75) is 26.7 Å². The van der Waals surface area contributed by atoms with E-state index in [9.17, 15) is 10.1 Å². The molecule has 0 unspecified atom stereocenters. The zero-order valence-electron chi connectivity index (χ0n) is 9.29. The number of anilines is 1. The first-order valence-corrected chi connectivity index (χ1v) is 5.49. The first-order chi connectivity index (χ1) is 7.56. The third kappa shape index (κ3) is 3.06. The van der Waals surface area contributed by atoms with Crippen molar-refractivity contribution in [1.82, 2.24) is 4.98 Å². The molecule has 88 valence electrons. The molecule has 0 aromatic carbocycles. The number of rotatable bonds is 5. The summed E-state index contributed by atoms with van der Waals surface area (Å²) in [5, 5.41) is 13.8. The summed E-state index contributed by atoms with van der Waals surface area (Å²) >= 11 is 5.75. The maximum atomic E-state index is 10.8. The van der Waals surface area contributed by atoms with E-state index >= 15 is 0 Å². The van der Waals surface area contributed by atoms with Crippen LogP contribution >= 0.6 is 11.6 Å². The summed E-state index contributed by atoms with van der Waals surface area (Å²) in [5.74, 6) is 0. The van der Waals surface area contributed by atoms with Crippen molar-refractivity contribution in [3.63, 3.8) is 0 Å². The maximum Gasteiger partial charge on any atom is 0.329 e. The summed E-state index contributed by atoms with van der Waals surface area (Å²) < 4.78 is 0. The van der Waals surface area contributed by atoms with Gasteiger partial charge in [0.25, 0.3) is 0 Å². The number of aromatic nitrogens is 1. The van der Waals surface area contributed by atoms with E-state index < -0.39 is 4.92 Å². The van der Waals surface area contributed by atoms with Crippen LogP contribution in [0.15, 0.2) is 6.07 Å². The number of nitrogens with one attached hydrogen (secondary N) is 1. The van der Waals surface area contributed by atoms with Gasteiger partial charge in [-0.1, -0.05) is 24.9 Å². The van der Waals surface area contributed by atoms with Gasteiger partial charge in [-0.3, -0.25) is 10.1 Å². The number of nitro groups is 1. The molecule has 0 radical (unpaired) electrons. The fourth-order valence-corrected chi connectivity index (χ4v) is 1.64. The molecule has 0 fully saturated rings. The van der Waals surface area contributed by atoms with Crippen LogP contribution in [0, 0.1) is 17.0 Å². The highest BCUT2D eigenvalue weighted by molar-refractivity contribution is 6.32. The third-order valence-electron chi connectivity index (χ3n) is 2.11. The van der Waals surface area contributed by atoms with E-state index in [1.54, 1.807) is 13.0 Å². The quantitative estimate of drug-likeness (QED) is 0.373. The summed E-state index contributed by atoms with van der Waals surface area (Å²) in [4.78, 5) is 14.2. The van der Waals surface area contributed by atoms with Gasteiger partial charge in [-0.25, -0.2) is 4.98 Å². The molecule has 16 heavy (non-hydrogen) atoms. The van der Waals surface area contributed by atoms with Gasteiger partial charge in [0.15, 0.2) is 0 Å². The van der Waals surface area contributed by atoms with E-state index in [1.807, 2.05) is 0 Å². The van der Waals surface area contributed by atoms with E-state index in [2.05, 4.69) is 17.2 Å². The maximum absolute atomic E-state index is 10.8. The lowest BCUT2D eigenvalue weighted by molar-refractivity contribution is -0.384. The van der Waals surface area contributed by atoms with Gasteiger partial charge in [0, 0.05) is 12.2 Å². The number of nitrogens with zero attached hydrogens (tertiary/aromatic N) is 2. The van der Waals surface area contributed by atoms with Crippen LogP contribution in [0.2, 0.25) is 5.15 Å². The topological polar surface area (TPSA) is 68.1 Å². The van der Waals surface area contributed by atoms with Gasteiger partial charge in [0.05, 0.1) is 4.92 Å². The van der Waals surface area contributed by atoms with Crippen molar-refractivity contribution >= 4 is 23.0 Å². The van der Waals surface area contributed by atoms with Crippen molar-refractivity contribution < 1.29 is 4.92 Å².